The van der Waals surface area contributed by atoms with Gasteiger partial charge in [-0.25, -0.2) is 9.78 Å². The summed E-state index contributed by atoms with van der Waals surface area (Å²) in [6.45, 7) is 0.446. The number of hydrogen-bond acceptors (Lipinski definition) is 4. The topological polar surface area (TPSA) is 76.4 Å². The smallest absolute Gasteiger partial charge is 0.319 e. The number of oxazole rings is 1. The molecule has 6 heteroatoms. The van der Waals surface area contributed by atoms with Crippen LogP contribution in [0, 0.1) is 0 Å². The molecule has 25 heavy (non-hydrogen) atoms. The predicted octanol–water partition coefficient (Wildman–Crippen LogP) is 3.71. The first-order valence-corrected chi connectivity index (χ1v) is 7.94. The fraction of sp³-hybridized carbons (Fsp3) is 0.158. The van der Waals surface area contributed by atoms with E-state index in [1.165, 1.54) is 0 Å². The molecule has 0 aliphatic heterocycles. The Morgan fingerprint density at radius 2 is 1.88 bits per heavy atom. The van der Waals surface area contributed by atoms with Crippen LogP contribution in [0.25, 0.3) is 11.5 Å². The quantitative estimate of drug-likeness (QED) is 0.719. The van der Waals surface area contributed by atoms with Gasteiger partial charge in [0, 0.05) is 18.5 Å². The van der Waals surface area contributed by atoms with Gasteiger partial charge >= 0.3 is 6.03 Å². The molecule has 3 aromatic rings. The third kappa shape index (κ3) is 4.38. The summed E-state index contributed by atoms with van der Waals surface area (Å²) in [5.74, 6) is 1.19. The van der Waals surface area contributed by atoms with Crippen LogP contribution in [0.2, 0.25) is 0 Å². The first-order chi connectivity index (χ1) is 12.3. The van der Waals surface area contributed by atoms with Crippen LogP contribution in [-0.4, -0.2) is 24.7 Å². The highest BCUT2D eigenvalue weighted by Gasteiger charge is 2.08. The summed E-state index contributed by atoms with van der Waals surface area (Å²) < 4.78 is 10.7. The van der Waals surface area contributed by atoms with E-state index in [4.69, 9.17) is 9.15 Å². The van der Waals surface area contributed by atoms with Crippen LogP contribution in [0.3, 0.4) is 0 Å². The monoisotopic (exact) mass is 337 g/mol. The standard InChI is InChI=1S/C19H19N3O3/c1-24-17-10-6-5-9-16(17)22-19(23)20-12-11-15-13-25-18(21-15)14-7-3-2-4-8-14/h2-10,13H,11-12H2,1H3,(H2,20,22,23). The van der Waals surface area contributed by atoms with E-state index in [0.717, 1.165) is 11.3 Å². The highest BCUT2D eigenvalue weighted by Crippen LogP contribution is 2.22. The second kappa shape index (κ2) is 8.01. The van der Waals surface area contributed by atoms with E-state index < -0.39 is 0 Å². The second-order valence-electron chi connectivity index (χ2n) is 5.34. The molecule has 0 radical (unpaired) electrons. The molecule has 0 aliphatic rings. The number of benzene rings is 2. The van der Waals surface area contributed by atoms with Crippen molar-refractivity contribution in [1.29, 1.82) is 0 Å². The lowest BCUT2D eigenvalue weighted by atomic mass is 10.2. The molecule has 3 rings (SSSR count). The molecule has 0 atom stereocenters. The molecule has 6 nitrogen and oxygen atoms in total. The number of amides is 2. The first-order valence-electron chi connectivity index (χ1n) is 7.94. The van der Waals surface area contributed by atoms with Crippen LogP contribution >= 0.6 is 0 Å². The minimum Gasteiger partial charge on any atom is -0.495 e. The highest BCUT2D eigenvalue weighted by atomic mass is 16.5. The van der Waals surface area contributed by atoms with E-state index in [9.17, 15) is 4.79 Å². The number of urea groups is 1. The van der Waals surface area contributed by atoms with Crippen LogP contribution in [0.5, 0.6) is 5.75 Å². The Kier molecular flexibility index (Phi) is 5.31. The molecule has 0 aliphatic carbocycles. The van der Waals surface area contributed by atoms with Crippen molar-refractivity contribution in [3.63, 3.8) is 0 Å². The Bertz CT molecular complexity index is 831. The highest BCUT2D eigenvalue weighted by molar-refractivity contribution is 5.90. The zero-order valence-electron chi connectivity index (χ0n) is 13.9. The van der Waals surface area contributed by atoms with Gasteiger partial charge in [0.15, 0.2) is 0 Å². The van der Waals surface area contributed by atoms with Crippen LogP contribution in [0.4, 0.5) is 10.5 Å². The maximum atomic E-state index is 12.0. The Hall–Kier alpha value is -3.28. The van der Waals surface area contributed by atoms with Crippen LogP contribution in [0.15, 0.2) is 65.3 Å². The predicted molar refractivity (Wildman–Crippen MR) is 95.7 cm³/mol. The molecular formula is C19H19N3O3. The van der Waals surface area contributed by atoms with E-state index in [1.54, 1.807) is 25.5 Å². The molecule has 2 amide bonds. The summed E-state index contributed by atoms with van der Waals surface area (Å²) in [6.07, 6.45) is 2.19. The maximum absolute atomic E-state index is 12.0. The number of carbonyl (C=O) groups is 1. The van der Waals surface area contributed by atoms with Gasteiger partial charge < -0.3 is 19.8 Å². The van der Waals surface area contributed by atoms with Gasteiger partial charge in [0.25, 0.3) is 0 Å². The Balaban J connectivity index is 1.50. The first kappa shape index (κ1) is 16.6. The summed E-state index contributed by atoms with van der Waals surface area (Å²) in [5, 5.41) is 5.55. The summed E-state index contributed by atoms with van der Waals surface area (Å²) in [5.41, 5.74) is 2.34. The molecule has 0 bridgehead atoms. The van der Waals surface area contributed by atoms with Crippen molar-refractivity contribution >= 4 is 11.7 Å². The van der Waals surface area contributed by atoms with E-state index in [0.29, 0.717) is 30.3 Å². The molecule has 0 spiro atoms. The number of nitrogens with one attached hydrogen (secondary N) is 2. The van der Waals surface area contributed by atoms with Gasteiger partial charge in [-0.3, -0.25) is 0 Å². The molecule has 128 valence electrons. The SMILES string of the molecule is COc1ccccc1NC(=O)NCCc1coc(-c2ccccc2)n1. The fourth-order valence-electron chi connectivity index (χ4n) is 2.35. The third-order valence-electron chi connectivity index (χ3n) is 3.59. The molecule has 1 heterocycles. The maximum Gasteiger partial charge on any atom is 0.319 e. The lowest BCUT2D eigenvalue weighted by molar-refractivity contribution is 0.252. The Morgan fingerprint density at radius 1 is 1.12 bits per heavy atom. The normalized spacial score (nSPS) is 10.3. The Morgan fingerprint density at radius 3 is 2.68 bits per heavy atom. The summed E-state index contributed by atoms with van der Waals surface area (Å²) in [4.78, 5) is 16.4. The number of nitrogens with zero attached hydrogens (tertiary/aromatic N) is 1. The molecule has 1 aromatic heterocycles. The average molecular weight is 337 g/mol. The fourth-order valence-corrected chi connectivity index (χ4v) is 2.35. The van der Waals surface area contributed by atoms with Gasteiger partial charge in [-0.2, -0.15) is 0 Å². The van der Waals surface area contributed by atoms with E-state index in [1.807, 2.05) is 42.5 Å². The van der Waals surface area contributed by atoms with Crippen molar-refractivity contribution in [3.05, 3.63) is 66.6 Å². The van der Waals surface area contributed by atoms with Crippen molar-refractivity contribution in [2.24, 2.45) is 0 Å². The largest absolute Gasteiger partial charge is 0.495 e. The minimum atomic E-state index is -0.295. The third-order valence-corrected chi connectivity index (χ3v) is 3.59. The van der Waals surface area contributed by atoms with Gasteiger partial charge in [-0.05, 0) is 24.3 Å². The number of rotatable bonds is 6. The van der Waals surface area contributed by atoms with Gasteiger partial charge in [0.05, 0.1) is 18.5 Å². The van der Waals surface area contributed by atoms with E-state index in [2.05, 4.69) is 15.6 Å². The molecule has 0 unspecified atom stereocenters. The Labute approximate surface area is 145 Å². The van der Waals surface area contributed by atoms with Crippen molar-refractivity contribution in [3.8, 4) is 17.2 Å². The lowest BCUT2D eigenvalue weighted by Gasteiger charge is -2.10. The number of methoxy groups -OCH3 is 1. The van der Waals surface area contributed by atoms with Gasteiger partial charge in [0.1, 0.15) is 12.0 Å². The number of hydrogen-bond donors (Lipinski definition) is 2. The zero-order valence-corrected chi connectivity index (χ0v) is 13.9. The molecule has 0 saturated carbocycles. The minimum absolute atomic E-state index is 0.295. The van der Waals surface area contributed by atoms with Crippen LogP contribution in [-0.2, 0) is 6.42 Å². The van der Waals surface area contributed by atoms with Gasteiger partial charge in [-0.15, -0.1) is 0 Å². The number of carbonyl (C=O) groups excluding carboxylic acids is 1. The number of aromatic nitrogens is 1. The number of para-hydroxylation sites is 2. The molecule has 2 N–H and O–H groups in total. The van der Waals surface area contributed by atoms with Crippen molar-refractivity contribution < 1.29 is 13.9 Å². The van der Waals surface area contributed by atoms with Crippen molar-refractivity contribution in [1.82, 2.24) is 10.3 Å². The zero-order chi connectivity index (χ0) is 17.5. The summed E-state index contributed by atoms with van der Waals surface area (Å²) in [7, 11) is 1.56. The van der Waals surface area contributed by atoms with Crippen molar-refractivity contribution in [2.45, 2.75) is 6.42 Å². The van der Waals surface area contributed by atoms with Gasteiger partial charge in [0.2, 0.25) is 5.89 Å². The summed E-state index contributed by atoms with van der Waals surface area (Å²) in [6, 6.07) is 16.6. The number of ether oxygens (including phenoxy) is 1. The van der Waals surface area contributed by atoms with Gasteiger partial charge in [-0.1, -0.05) is 30.3 Å². The molecule has 0 fully saturated rings. The molecular weight excluding hydrogens is 318 g/mol. The second-order valence-corrected chi connectivity index (χ2v) is 5.34. The van der Waals surface area contributed by atoms with Crippen molar-refractivity contribution in [2.75, 3.05) is 19.0 Å². The van der Waals surface area contributed by atoms with Crippen LogP contribution < -0.4 is 15.4 Å². The molecule has 2 aromatic carbocycles. The van der Waals surface area contributed by atoms with E-state index in [-0.39, 0.29) is 6.03 Å². The lowest BCUT2D eigenvalue weighted by Crippen LogP contribution is -2.30. The number of anilines is 1. The average Bonchev–Trinajstić information content (AvgIpc) is 3.12. The molecule has 0 saturated heterocycles. The summed E-state index contributed by atoms with van der Waals surface area (Å²) >= 11 is 0. The van der Waals surface area contributed by atoms with E-state index >= 15 is 0 Å². The van der Waals surface area contributed by atoms with Crippen LogP contribution in [0.1, 0.15) is 5.69 Å².